The van der Waals surface area contributed by atoms with Crippen molar-refractivity contribution in [3.63, 3.8) is 0 Å². The highest BCUT2D eigenvalue weighted by molar-refractivity contribution is 7.13. The van der Waals surface area contributed by atoms with Gasteiger partial charge in [0.1, 0.15) is 18.1 Å². The summed E-state index contributed by atoms with van der Waals surface area (Å²) in [5, 5.41) is 14.5. The summed E-state index contributed by atoms with van der Waals surface area (Å²) in [6.45, 7) is 1.67. The van der Waals surface area contributed by atoms with Crippen molar-refractivity contribution in [2.75, 3.05) is 12.4 Å². The molecule has 0 aliphatic carbocycles. The molecule has 3 aromatic rings. The third kappa shape index (κ3) is 5.70. The molecule has 0 aliphatic rings. The van der Waals surface area contributed by atoms with E-state index in [0.717, 1.165) is 11.4 Å². The second-order valence-corrected chi connectivity index (χ2v) is 6.86. The largest absolute Gasteiger partial charge is 0.497 e. The number of rotatable bonds is 8. The van der Waals surface area contributed by atoms with Crippen LogP contribution in [-0.4, -0.2) is 24.2 Å². The molecule has 0 fully saturated rings. The van der Waals surface area contributed by atoms with E-state index in [-0.39, 0.29) is 6.61 Å². The normalized spacial score (nSPS) is 11.2. The molecule has 148 valence electrons. The fraction of sp³-hybridized carbons (Fsp3) is 0.190. The van der Waals surface area contributed by atoms with Gasteiger partial charge in [-0.15, -0.1) is 11.3 Å². The number of nitriles is 1. The molecule has 29 heavy (non-hydrogen) atoms. The number of ether oxygens (including phenoxy) is 3. The molecule has 0 bridgehead atoms. The lowest BCUT2D eigenvalue weighted by Crippen LogP contribution is -2.26. The Morgan fingerprint density at radius 1 is 1.17 bits per heavy atom. The van der Waals surface area contributed by atoms with Crippen molar-refractivity contribution in [1.82, 2.24) is 4.98 Å². The van der Waals surface area contributed by atoms with Crippen LogP contribution in [0.25, 0.3) is 0 Å². The molecule has 8 heteroatoms. The third-order valence-electron chi connectivity index (χ3n) is 3.88. The molecular weight excluding hydrogens is 390 g/mol. The number of nitrogens with zero attached hydrogens (tertiary/aromatic N) is 2. The molecule has 0 aliphatic heterocycles. The Kier molecular flexibility index (Phi) is 6.66. The first-order valence-corrected chi connectivity index (χ1v) is 9.64. The van der Waals surface area contributed by atoms with Gasteiger partial charge < -0.3 is 19.5 Å². The summed E-state index contributed by atoms with van der Waals surface area (Å²) in [6.07, 6.45) is -0.779. The van der Waals surface area contributed by atoms with Gasteiger partial charge in [0, 0.05) is 11.1 Å². The van der Waals surface area contributed by atoms with E-state index in [9.17, 15) is 4.79 Å². The summed E-state index contributed by atoms with van der Waals surface area (Å²) >= 11 is 1.42. The maximum absolute atomic E-state index is 12.2. The Labute approximate surface area is 172 Å². The van der Waals surface area contributed by atoms with Crippen molar-refractivity contribution in [3.8, 4) is 17.6 Å². The lowest BCUT2D eigenvalue weighted by molar-refractivity contribution is -0.152. The molecule has 1 atom stereocenters. The number of nitrogens with one attached hydrogen (secondary N) is 1. The number of hydrogen-bond donors (Lipinski definition) is 1. The third-order valence-corrected chi connectivity index (χ3v) is 4.69. The topological polar surface area (TPSA) is 93.5 Å². The fourth-order valence-corrected chi connectivity index (χ4v) is 3.07. The van der Waals surface area contributed by atoms with Crippen LogP contribution < -0.4 is 14.8 Å². The number of esters is 1. The average molecular weight is 409 g/mol. The van der Waals surface area contributed by atoms with E-state index in [2.05, 4.69) is 10.3 Å². The number of anilines is 2. The Morgan fingerprint density at radius 3 is 2.52 bits per heavy atom. The lowest BCUT2D eigenvalue weighted by atomic mass is 10.2. The number of aromatic nitrogens is 1. The van der Waals surface area contributed by atoms with Gasteiger partial charge in [0.05, 0.1) is 24.4 Å². The highest BCUT2D eigenvalue weighted by Gasteiger charge is 2.17. The molecule has 0 radical (unpaired) electrons. The number of hydrogen-bond acceptors (Lipinski definition) is 8. The first kappa shape index (κ1) is 20.2. The molecule has 1 aromatic heterocycles. The summed E-state index contributed by atoms with van der Waals surface area (Å²) in [6, 6.07) is 16.0. The van der Waals surface area contributed by atoms with Gasteiger partial charge in [0.15, 0.2) is 11.2 Å². The Balaban J connectivity index is 1.48. The minimum absolute atomic E-state index is 0.0562. The van der Waals surface area contributed by atoms with E-state index in [4.69, 9.17) is 19.5 Å². The van der Waals surface area contributed by atoms with Gasteiger partial charge in [-0.1, -0.05) is 0 Å². The lowest BCUT2D eigenvalue weighted by Gasteiger charge is -2.13. The quantitative estimate of drug-likeness (QED) is 0.555. The second-order valence-electron chi connectivity index (χ2n) is 6.00. The van der Waals surface area contributed by atoms with Crippen LogP contribution in [0.2, 0.25) is 0 Å². The Hall–Kier alpha value is -3.57. The van der Waals surface area contributed by atoms with Gasteiger partial charge in [-0.2, -0.15) is 5.26 Å². The average Bonchev–Trinajstić information content (AvgIpc) is 3.20. The molecule has 1 heterocycles. The van der Waals surface area contributed by atoms with Crippen LogP contribution in [0.5, 0.6) is 11.5 Å². The van der Waals surface area contributed by atoms with Gasteiger partial charge in [-0.3, -0.25) is 0 Å². The number of carbonyl (C=O) groups is 1. The second kappa shape index (κ2) is 9.57. The molecule has 0 saturated carbocycles. The molecule has 7 nitrogen and oxygen atoms in total. The first-order chi connectivity index (χ1) is 14.1. The van der Waals surface area contributed by atoms with Crippen LogP contribution >= 0.6 is 11.3 Å². The number of carbonyl (C=O) groups excluding carboxylic acids is 1. The van der Waals surface area contributed by atoms with Crippen LogP contribution in [0.4, 0.5) is 10.8 Å². The number of benzene rings is 2. The van der Waals surface area contributed by atoms with E-state index in [1.807, 2.05) is 35.7 Å². The summed E-state index contributed by atoms with van der Waals surface area (Å²) in [4.78, 5) is 16.6. The Bertz CT molecular complexity index is 994. The molecule has 0 spiro atoms. The van der Waals surface area contributed by atoms with Gasteiger partial charge >= 0.3 is 5.97 Å². The first-order valence-electron chi connectivity index (χ1n) is 8.76. The van der Waals surface area contributed by atoms with E-state index in [1.54, 1.807) is 38.3 Å². The predicted octanol–water partition coefficient (Wildman–Crippen LogP) is 4.28. The highest BCUT2D eigenvalue weighted by Crippen LogP contribution is 2.23. The van der Waals surface area contributed by atoms with Crippen molar-refractivity contribution in [2.24, 2.45) is 0 Å². The summed E-state index contributed by atoms with van der Waals surface area (Å²) in [5.41, 5.74) is 2.05. The monoisotopic (exact) mass is 409 g/mol. The van der Waals surface area contributed by atoms with Crippen LogP contribution in [0.1, 0.15) is 18.2 Å². The van der Waals surface area contributed by atoms with Crippen LogP contribution in [0.3, 0.4) is 0 Å². The van der Waals surface area contributed by atoms with Gasteiger partial charge in [0.2, 0.25) is 0 Å². The van der Waals surface area contributed by atoms with Crippen molar-refractivity contribution in [2.45, 2.75) is 19.6 Å². The van der Waals surface area contributed by atoms with Crippen LogP contribution in [-0.2, 0) is 16.1 Å². The van der Waals surface area contributed by atoms with Gasteiger partial charge in [-0.05, 0) is 55.5 Å². The van der Waals surface area contributed by atoms with Gasteiger partial charge in [-0.25, -0.2) is 9.78 Å². The molecule has 0 unspecified atom stereocenters. The predicted molar refractivity (Wildman–Crippen MR) is 109 cm³/mol. The fourth-order valence-electron chi connectivity index (χ4n) is 2.35. The number of methoxy groups -OCH3 is 1. The zero-order valence-electron chi connectivity index (χ0n) is 15.9. The molecule has 0 amide bonds. The van der Waals surface area contributed by atoms with E-state index in [0.29, 0.717) is 22.1 Å². The van der Waals surface area contributed by atoms with Crippen molar-refractivity contribution in [1.29, 1.82) is 5.26 Å². The summed E-state index contributed by atoms with van der Waals surface area (Å²) in [7, 11) is 1.62. The van der Waals surface area contributed by atoms with Crippen molar-refractivity contribution < 1.29 is 19.0 Å². The smallest absolute Gasteiger partial charge is 0.347 e. The minimum Gasteiger partial charge on any atom is -0.497 e. The maximum Gasteiger partial charge on any atom is 0.347 e. The zero-order valence-corrected chi connectivity index (χ0v) is 16.7. The van der Waals surface area contributed by atoms with Crippen molar-refractivity contribution in [3.05, 3.63) is 65.2 Å². The highest BCUT2D eigenvalue weighted by atomic mass is 32.1. The molecule has 1 N–H and O–H groups in total. The van der Waals surface area contributed by atoms with E-state index < -0.39 is 12.1 Å². The summed E-state index contributed by atoms with van der Waals surface area (Å²) in [5.74, 6) is 0.778. The number of thiazole rings is 1. The summed E-state index contributed by atoms with van der Waals surface area (Å²) < 4.78 is 16.0. The van der Waals surface area contributed by atoms with E-state index in [1.165, 1.54) is 11.3 Å². The molecular formula is C21H19N3O4S. The van der Waals surface area contributed by atoms with Gasteiger partial charge in [0.25, 0.3) is 0 Å². The minimum atomic E-state index is -0.779. The molecule has 0 saturated heterocycles. The standard InChI is InChI=1S/C21H19N3O4S/c1-14(28-19-7-3-15(11-22)4-8-19)20(25)27-12-17-13-29-21(24-17)23-16-5-9-18(26-2)10-6-16/h3-10,13-14H,12H2,1-2H3,(H,23,24)/t14-/m1/s1. The maximum atomic E-state index is 12.2. The zero-order chi connectivity index (χ0) is 20.6. The van der Waals surface area contributed by atoms with Crippen LogP contribution in [0, 0.1) is 11.3 Å². The van der Waals surface area contributed by atoms with E-state index >= 15 is 0 Å². The SMILES string of the molecule is COc1ccc(Nc2nc(COC(=O)[C@@H](C)Oc3ccc(C#N)cc3)cs2)cc1. The van der Waals surface area contributed by atoms with Crippen molar-refractivity contribution >= 4 is 28.1 Å². The molecule has 3 rings (SSSR count). The Morgan fingerprint density at radius 2 is 1.86 bits per heavy atom. The van der Waals surface area contributed by atoms with Crippen LogP contribution in [0.15, 0.2) is 53.9 Å². The molecule has 2 aromatic carbocycles.